The topological polar surface area (TPSA) is 32.5 Å². The van der Waals surface area contributed by atoms with E-state index in [4.69, 9.17) is 5.73 Å². The highest BCUT2D eigenvalue weighted by Gasteiger charge is 2.29. The molecule has 0 saturated carbocycles. The van der Waals surface area contributed by atoms with E-state index in [1.807, 2.05) is 0 Å². The summed E-state index contributed by atoms with van der Waals surface area (Å²) in [6.07, 6.45) is 1.07. The zero-order chi connectivity index (χ0) is 14.0. The molecule has 1 aromatic rings. The van der Waals surface area contributed by atoms with E-state index in [1.54, 1.807) is 0 Å². The fraction of sp³-hybridized carbons (Fsp3) is 0.625. The molecule has 0 spiro atoms. The van der Waals surface area contributed by atoms with Gasteiger partial charge in [-0.3, -0.25) is 4.90 Å². The molecular weight excluding hydrogens is 234 g/mol. The van der Waals surface area contributed by atoms with Crippen LogP contribution in [-0.2, 0) is 0 Å². The second-order valence-electron chi connectivity index (χ2n) is 5.96. The maximum Gasteiger partial charge on any atom is 0.0399 e. The van der Waals surface area contributed by atoms with Gasteiger partial charge in [-0.2, -0.15) is 0 Å². The van der Waals surface area contributed by atoms with Crippen LogP contribution in [0.4, 0.5) is 5.69 Å². The average Bonchev–Trinajstić information content (AvgIpc) is 2.34. The lowest BCUT2D eigenvalue weighted by Crippen LogP contribution is -2.56. The Kier molecular flexibility index (Phi) is 4.48. The highest BCUT2D eigenvalue weighted by Crippen LogP contribution is 2.27. The molecule has 1 saturated heterocycles. The first-order valence-electron chi connectivity index (χ1n) is 7.27. The summed E-state index contributed by atoms with van der Waals surface area (Å²) in [5.74, 6) is 0. The molecule has 3 heteroatoms. The van der Waals surface area contributed by atoms with Crippen molar-refractivity contribution in [1.29, 1.82) is 0 Å². The maximum absolute atomic E-state index is 5.74. The van der Waals surface area contributed by atoms with Crippen molar-refractivity contribution >= 4 is 5.69 Å². The molecule has 2 N–H and O–H groups in total. The third-order valence-electron chi connectivity index (χ3n) is 4.28. The van der Waals surface area contributed by atoms with Crippen molar-refractivity contribution in [3.8, 4) is 0 Å². The van der Waals surface area contributed by atoms with E-state index in [1.165, 1.54) is 16.8 Å². The minimum Gasteiger partial charge on any atom is -0.366 e. The summed E-state index contributed by atoms with van der Waals surface area (Å²) >= 11 is 0. The molecule has 2 atom stereocenters. The van der Waals surface area contributed by atoms with Crippen LogP contribution in [0.3, 0.4) is 0 Å². The van der Waals surface area contributed by atoms with E-state index in [0.717, 1.165) is 26.1 Å². The van der Waals surface area contributed by atoms with E-state index in [0.29, 0.717) is 12.1 Å². The first-order chi connectivity index (χ1) is 9.02. The first kappa shape index (κ1) is 14.4. The van der Waals surface area contributed by atoms with Gasteiger partial charge < -0.3 is 10.6 Å². The fourth-order valence-electron chi connectivity index (χ4n) is 3.18. The van der Waals surface area contributed by atoms with Crippen molar-refractivity contribution in [1.82, 2.24) is 4.90 Å². The molecule has 0 aliphatic carbocycles. The Morgan fingerprint density at radius 3 is 2.63 bits per heavy atom. The third-order valence-corrected chi connectivity index (χ3v) is 4.28. The predicted octanol–water partition coefficient (Wildman–Crippen LogP) is 2.16. The quantitative estimate of drug-likeness (QED) is 0.905. The molecule has 1 heterocycles. The number of likely N-dealkylation sites (N-methyl/N-ethyl adjacent to an activating group) is 1. The first-order valence-corrected chi connectivity index (χ1v) is 7.27. The number of nitrogens with zero attached hydrogens (tertiary/aromatic N) is 2. The molecule has 106 valence electrons. The van der Waals surface area contributed by atoms with Gasteiger partial charge in [0.25, 0.3) is 0 Å². The summed E-state index contributed by atoms with van der Waals surface area (Å²) in [6.45, 7) is 9.64. The lowest BCUT2D eigenvalue weighted by molar-refractivity contribution is 0.185. The number of anilines is 1. The number of hydrogen-bond acceptors (Lipinski definition) is 3. The number of aryl methyl sites for hydroxylation is 2. The zero-order valence-corrected chi connectivity index (χ0v) is 12.7. The largest absolute Gasteiger partial charge is 0.366 e. The van der Waals surface area contributed by atoms with Gasteiger partial charge in [0.15, 0.2) is 0 Å². The molecule has 1 fully saturated rings. The molecule has 1 aromatic carbocycles. The van der Waals surface area contributed by atoms with Gasteiger partial charge in [-0.05, 0) is 52.4 Å². The van der Waals surface area contributed by atoms with Crippen molar-refractivity contribution in [3.63, 3.8) is 0 Å². The third kappa shape index (κ3) is 3.10. The summed E-state index contributed by atoms with van der Waals surface area (Å²) < 4.78 is 0. The Morgan fingerprint density at radius 2 is 2.00 bits per heavy atom. The van der Waals surface area contributed by atoms with Crippen LogP contribution in [0.1, 0.15) is 24.5 Å². The van der Waals surface area contributed by atoms with Crippen molar-refractivity contribution in [2.75, 3.05) is 31.6 Å². The van der Waals surface area contributed by atoms with Crippen LogP contribution < -0.4 is 10.6 Å². The molecule has 0 aromatic heterocycles. The lowest BCUT2D eigenvalue weighted by atomic mass is 10.0. The molecule has 2 unspecified atom stereocenters. The van der Waals surface area contributed by atoms with Crippen molar-refractivity contribution in [2.45, 2.75) is 39.3 Å². The van der Waals surface area contributed by atoms with Crippen LogP contribution in [0, 0.1) is 13.8 Å². The molecule has 1 aliphatic heterocycles. The minimum atomic E-state index is 0.556. The Balaban J connectivity index is 2.22. The normalized spacial score (nSPS) is 24.8. The monoisotopic (exact) mass is 261 g/mol. The van der Waals surface area contributed by atoms with Gasteiger partial charge in [0.2, 0.25) is 0 Å². The summed E-state index contributed by atoms with van der Waals surface area (Å²) in [6, 6.07) is 7.89. The zero-order valence-electron chi connectivity index (χ0n) is 12.7. The van der Waals surface area contributed by atoms with E-state index in [9.17, 15) is 0 Å². The van der Waals surface area contributed by atoms with Crippen molar-refractivity contribution in [2.24, 2.45) is 5.73 Å². The molecule has 1 aliphatic rings. The van der Waals surface area contributed by atoms with Gasteiger partial charge in [0.05, 0.1) is 0 Å². The second kappa shape index (κ2) is 5.93. The Bertz CT molecular complexity index is 430. The Hall–Kier alpha value is -1.06. The smallest absolute Gasteiger partial charge is 0.0399 e. The summed E-state index contributed by atoms with van der Waals surface area (Å²) in [5.41, 5.74) is 9.84. The van der Waals surface area contributed by atoms with Crippen molar-refractivity contribution < 1.29 is 0 Å². The fourth-order valence-corrected chi connectivity index (χ4v) is 3.18. The van der Waals surface area contributed by atoms with Crippen LogP contribution in [0.2, 0.25) is 0 Å². The van der Waals surface area contributed by atoms with Gasteiger partial charge in [0, 0.05) is 30.9 Å². The van der Waals surface area contributed by atoms with Gasteiger partial charge in [-0.15, -0.1) is 0 Å². The standard InChI is InChI=1S/C16H27N3/c1-12-5-6-16(13(2)9-12)19-11-15(7-8-17)18(4)10-14(19)3/h5-6,9,14-15H,7-8,10-11,17H2,1-4H3. The second-order valence-corrected chi connectivity index (χ2v) is 5.96. The molecular formula is C16H27N3. The highest BCUT2D eigenvalue weighted by molar-refractivity contribution is 5.55. The van der Waals surface area contributed by atoms with Gasteiger partial charge >= 0.3 is 0 Å². The maximum atomic E-state index is 5.74. The predicted molar refractivity (Wildman–Crippen MR) is 82.8 cm³/mol. The van der Waals surface area contributed by atoms with E-state index in [-0.39, 0.29) is 0 Å². The number of nitrogens with two attached hydrogens (primary N) is 1. The lowest BCUT2D eigenvalue weighted by Gasteiger charge is -2.45. The van der Waals surface area contributed by atoms with E-state index in [2.05, 4.69) is 55.8 Å². The number of hydrogen-bond donors (Lipinski definition) is 1. The number of piperazine rings is 1. The molecule has 0 bridgehead atoms. The van der Waals surface area contributed by atoms with E-state index < -0.39 is 0 Å². The molecule has 3 nitrogen and oxygen atoms in total. The summed E-state index contributed by atoms with van der Waals surface area (Å²) in [5, 5.41) is 0. The summed E-state index contributed by atoms with van der Waals surface area (Å²) in [4.78, 5) is 5.01. The Morgan fingerprint density at radius 1 is 1.26 bits per heavy atom. The molecule has 2 rings (SSSR count). The van der Waals surface area contributed by atoms with Crippen LogP contribution in [0.5, 0.6) is 0 Å². The molecule has 19 heavy (non-hydrogen) atoms. The molecule has 0 radical (unpaired) electrons. The average molecular weight is 261 g/mol. The van der Waals surface area contributed by atoms with Crippen LogP contribution >= 0.6 is 0 Å². The van der Waals surface area contributed by atoms with Crippen molar-refractivity contribution in [3.05, 3.63) is 29.3 Å². The van der Waals surface area contributed by atoms with Gasteiger partial charge in [-0.1, -0.05) is 17.7 Å². The van der Waals surface area contributed by atoms with Crippen LogP contribution in [-0.4, -0.2) is 43.7 Å². The number of benzene rings is 1. The van der Waals surface area contributed by atoms with Crippen LogP contribution in [0.15, 0.2) is 18.2 Å². The SMILES string of the molecule is Cc1ccc(N2CC(CCN)N(C)CC2C)c(C)c1. The van der Waals surface area contributed by atoms with Crippen LogP contribution in [0.25, 0.3) is 0 Å². The molecule has 0 amide bonds. The summed E-state index contributed by atoms with van der Waals surface area (Å²) in [7, 11) is 2.22. The number of rotatable bonds is 3. The highest BCUT2D eigenvalue weighted by atomic mass is 15.3. The minimum absolute atomic E-state index is 0.556. The van der Waals surface area contributed by atoms with Gasteiger partial charge in [-0.25, -0.2) is 0 Å². The Labute approximate surface area is 117 Å². The van der Waals surface area contributed by atoms with E-state index >= 15 is 0 Å². The van der Waals surface area contributed by atoms with Gasteiger partial charge in [0.1, 0.15) is 0 Å².